The first kappa shape index (κ1) is 56.6. The van der Waals surface area contributed by atoms with E-state index in [1.807, 2.05) is 42.5 Å². The Labute approximate surface area is 408 Å². The Morgan fingerprint density at radius 3 is 1.72 bits per heavy atom. The number of benzene rings is 2. The SMILES string of the molecule is O=C(O)CC[C@H](NC(=O)NC(CCCCNC(=O)[C@H](Cc1ccc2ccccc2c1)NC(=O)C12CC(CNC(=O)CNCCN(CCN(CCNCC(=O)O)CC(=O)O)CC(=O)O)(C1)C2)C(=O)O)C(=O)O. The number of carboxylic acids is 6. The summed E-state index contributed by atoms with van der Waals surface area (Å²) in [5, 5.41) is 75.8. The Morgan fingerprint density at radius 2 is 1.15 bits per heavy atom. The van der Waals surface area contributed by atoms with Gasteiger partial charge in [0.15, 0.2) is 0 Å². The second-order valence-electron chi connectivity index (χ2n) is 18.2. The van der Waals surface area contributed by atoms with Gasteiger partial charge in [-0.2, -0.15) is 0 Å². The highest BCUT2D eigenvalue weighted by Crippen LogP contribution is 2.73. The van der Waals surface area contributed by atoms with Crippen LogP contribution in [0.5, 0.6) is 0 Å². The molecule has 2 bridgehead atoms. The van der Waals surface area contributed by atoms with Gasteiger partial charge in [0.25, 0.3) is 0 Å². The molecule has 0 spiro atoms. The van der Waals surface area contributed by atoms with E-state index in [4.69, 9.17) is 10.2 Å². The van der Waals surface area contributed by atoms with Gasteiger partial charge >= 0.3 is 41.8 Å². The van der Waals surface area contributed by atoms with Gasteiger partial charge in [-0.1, -0.05) is 42.5 Å². The van der Waals surface area contributed by atoms with E-state index in [-0.39, 0.29) is 115 Å². The smallest absolute Gasteiger partial charge is 0.326 e. The van der Waals surface area contributed by atoms with Gasteiger partial charge < -0.3 is 67.9 Å². The van der Waals surface area contributed by atoms with E-state index in [1.165, 1.54) is 0 Å². The van der Waals surface area contributed by atoms with Crippen LogP contribution in [0, 0.1) is 10.8 Å². The normalized spacial score (nSPS) is 17.9. The molecular formula is C46H65N9O16. The van der Waals surface area contributed by atoms with E-state index in [9.17, 15) is 68.4 Å². The van der Waals surface area contributed by atoms with Crippen LogP contribution < -0.4 is 37.2 Å². The summed E-state index contributed by atoms with van der Waals surface area (Å²) in [6, 6.07) is 8.40. The zero-order chi connectivity index (χ0) is 52.1. The van der Waals surface area contributed by atoms with Gasteiger partial charge in [0.05, 0.1) is 31.6 Å². The highest BCUT2D eigenvalue weighted by molar-refractivity contribution is 5.93. The monoisotopic (exact) mass is 999 g/mol. The van der Waals surface area contributed by atoms with Crippen molar-refractivity contribution >= 4 is 70.3 Å². The van der Waals surface area contributed by atoms with Crippen LogP contribution in [0.25, 0.3) is 10.8 Å². The predicted molar refractivity (Wildman–Crippen MR) is 251 cm³/mol. The minimum atomic E-state index is -1.55. The van der Waals surface area contributed by atoms with Crippen molar-refractivity contribution in [3.8, 4) is 0 Å². The number of carboxylic acid groups (broad SMARTS) is 6. The van der Waals surface area contributed by atoms with Crippen LogP contribution in [-0.2, 0) is 49.6 Å². The number of hydrogen-bond acceptors (Lipinski definition) is 14. The van der Waals surface area contributed by atoms with Gasteiger partial charge in [0.2, 0.25) is 17.7 Å². The number of urea groups is 1. The number of nitrogens with zero attached hydrogens (tertiary/aromatic N) is 2. The van der Waals surface area contributed by atoms with E-state index in [0.717, 1.165) is 16.3 Å². The molecule has 2 aromatic rings. The molecule has 1 unspecified atom stereocenters. The maximum atomic E-state index is 13.8. The Bertz CT molecular complexity index is 2230. The molecule has 5 amide bonds. The average Bonchev–Trinajstić information content (AvgIpc) is 3.27. The summed E-state index contributed by atoms with van der Waals surface area (Å²) in [6.07, 6.45) is 1.16. The topological polar surface area (TPSA) is 383 Å². The van der Waals surface area contributed by atoms with Crippen molar-refractivity contribution in [3.63, 3.8) is 0 Å². The van der Waals surface area contributed by atoms with Crippen molar-refractivity contribution in [1.82, 2.24) is 47.0 Å². The quantitative estimate of drug-likeness (QED) is 0.0347. The van der Waals surface area contributed by atoms with E-state index >= 15 is 0 Å². The van der Waals surface area contributed by atoms with E-state index in [0.29, 0.717) is 25.8 Å². The number of amides is 5. The second kappa shape index (κ2) is 27.4. The van der Waals surface area contributed by atoms with E-state index in [1.54, 1.807) is 9.80 Å². The molecule has 3 fully saturated rings. The van der Waals surface area contributed by atoms with E-state index < -0.39 is 84.1 Å². The summed E-state index contributed by atoms with van der Waals surface area (Å²) in [7, 11) is 0. The lowest BCUT2D eigenvalue weighted by Crippen LogP contribution is -2.71. The lowest BCUT2D eigenvalue weighted by Gasteiger charge is -2.69. The molecule has 3 aliphatic carbocycles. The van der Waals surface area contributed by atoms with Crippen molar-refractivity contribution < 1.29 is 78.6 Å². The third kappa shape index (κ3) is 19.0. The molecular weight excluding hydrogens is 935 g/mol. The largest absolute Gasteiger partial charge is 0.481 e. The molecule has 0 heterocycles. The van der Waals surface area contributed by atoms with E-state index in [2.05, 4.69) is 37.2 Å². The maximum absolute atomic E-state index is 13.8. The van der Waals surface area contributed by atoms with Crippen molar-refractivity contribution in [1.29, 1.82) is 0 Å². The Morgan fingerprint density at radius 1 is 0.577 bits per heavy atom. The fourth-order valence-corrected chi connectivity index (χ4v) is 8.92. The van der Waals surface area contributed by atoms with Crippen molar-refractivity contribution in [2.45, 2.75) is 75.9 Å². The number of rotatable bonds is 36. The standard InChI is InChI=1S/C46H65N9O16/c56-35(21-47-13-15-54(23-38(61)62)17-18-55(24-39(63)64)16-14-48-22-37(59)60)50-28-45-25-46(26-45,27-45)43(70)51-34(20-29-8-9-30-5-1-2-6-31(30)19-29)40(65)49-12-4-3-7-32(41(66)67)52-44(71)53-33(42(68)69)10-11-36(57)58/h1-2,5-6,8-9,19,32-34,47-48H,3-4,7,10-18,20-28H2,(H,49,65)(H,50,56)(H,51,70)(H,57,58)(H,59,60)(H,61,62)(H,63,64)(H,66,67)(H,68,69)(H2,52,53,71)/t32?,33-,34-,45?,46?/m0/s1. The summed E-state index contributed by atoms with van der Waals surface area (Å²) in [5.74, 6) is -8.41. The Kier molecular flexibility index (Phi) is 21.9. The molecule has 3 atom stereocenters. The third-order valence-electron chi connectivity index (χ3n) is 12.5. The molecule has 71 heavy (non-hydrogen) atoms. The molecule has 0 radical (unpaired) electrons. The first-order valence-electron chi connectivity index (χ1n) is 23.3. The molecule has 0 aliphatic heterocycles. The zero-order valence-corrected chi connectivity index (χ0v) is 39.3. The van der Waals surface area contributed by atoms with Gasteiger partial charge in [0.1, 0.15) is 18.1 Å². The zero-order valence-electron chi connectivity index (χ0n) is 39.3. The van der Waals surface area contributed by atoms with Crippen LogP contribution in [0.1, 0.15) is 56.9 Å². The summed E-state index contributed by atoms with van der Waals surface area (Å²) >= 11 is 0. The molecule has 0 saturated heterocycles. The van der Waals surface area contributed by atoms with Crippen LogP contribution >= 0.6 is 0 Å². The number of unbranched alkanes of at least 4 members (excludes halogenated alkanes) is 1. The molecule has 3 aliphatic rings. The average molecular weight is 1000 g/mol. The summed E-state index contributed by atoms with van der Waals surface area (Å²) in [4.78, 5) is 124. The summed E-state index contributed by atoms with van der Waals surface area (Å²) in [6.45, 7) is 0.811. The van der Waals surface area contributed by atoms with Gasteiger partial charge in [-0.25, -0.2) is 14.4 Å². The molecule has 13 N–H and O–H groups in total. The first-order valence-corrected chi connectivity index (χ1v) is 23.3. The van der Waals surface area contributed by atoms with Gasteiger partial charge in [-0.05, 0) is 66.7 Å². The van der Waals surface area contributed by atoms with Crippen molar-refractivity contribution in [2.75, 3.05) is 78.5 Å². The van der Waals surface area contributed by atoms with Crippen LogP contribution in [0.3, 0.4) is 0 Å². The number of carbonyl (C=O) groups is 10. The Balaban J connectivity index is 1.23. The molecule has 3 saturated carbocycles. The fraction of sp³-hybridized carbons (Fsp3) is 0.565. The van der Waals surface area contributed by atoms with Gasteiger partial charge in [-0.3, -0.25) is 43.4 Å². The molecule has 25 heteroatoms. The van der Waals surface area contributed by atoms with Gasteiger partial charge in [0, 0.05) is 65.2 Å². The highest BCUT2D eigenvalue weighted by Gasteiger charge is 2.71. The van der Waals surface area contributed by atoms with Crippen LogP contribution in [0.15, 0.2) is 42.5 Å². The molecule has 25 nitrogen and oxygen atoms in total. The summed E-state index contributed by atoms with van der Waals surface area (Å²) < 4.78 is 0. The maximum Gasteiger partial charge on any atom is 0.326 e. The highest BCUT2D eigenvalue weighted by atomic mass is 16.4. The van der Waals surface area contributed by atoms with Crippen molar-refractivity contribution in [3.05, 3.63) is 48.0 Å². The number of fused-ring (bicyclic) bond motifs is 1. The molecule has 5 rings (SSSR count). The lowest BCUT2D eigenvalue weighted by molar-refractivity contribution is -0.205. The predicted octanol–water partition coefficient (Wildman–Crippen LogP) is -1.45. The third-order valence-corrected chi connectivity index (χ3v) is 12.5. The number of nitrogens with one attached hydrogen (secondary N) is 7. The molecule has 0 aromatic heterocycles. The van der Waals surface area contributed by atoms with Gasteiger partial charge in [-0.15, -0.1) is 0 Å². The second-order valence-corrected chi connectivity index (χ2v) is 18.2. The molecule has 2 aromatic carbocycles. The summed E-state index contributed by atoms with van der Waals surface area (Å²) in [5.41, 5.74) is -0.194. The number of hydrogen-bond donors (Lipinski definition) is 13. The number of aliphatic carboxylic acids is 6. The Hall–Kier alpha value is -6.96. The minimum absolute atomic E-state index is 0.0602. The van der Waals surface area contributed by atoms with Crippen LogP contribution in [0.4, 0.5) is 4.79 Å². The minimum Gasteiger partial charge on any atom is -0.481 e. The van der Waals surface area contributed by atoms with Crippen LogP contribution in [-0.4, -0.2) is 197 Å². The number of carbonyl (C=O) groups excluding carboxylic acids is 4. The van der Waals surface area contributed by atoms with Crippen LogP contribution in [0.2, 0.25) is 0 Å². The fourth-order valence-electron chi connectivity index (χ4n) is 8.92. The first-order chi connectivity index (χ1) is 33.7. The van der Waals surface area contributed by atoms with Crippen molar-refractivity contribution in [2.24, 2.45) is 10.8 Å². The lowest BCUT2D eigenvalue weighted by atomic mass is 9.35. The molecule has 390 valence electrons.